The van der Waals surface area contributed by atoms with Gasteiger partial charge in [-0.15, -0.1) is 0 Å². The van der Waals surface area contributed by atoms with E-state index in [0.717, 1.165) is 50.4 Å². The van der Waals surface area contributed by atoms with Crippen molar-refractivity contribution >= 4 is 11.7 Å². The molecule has 2 aliphatic rings. The summed E-state index contributed by atoms with van der Waals surface area (Å²) in [5.74, 6) is 1.42. The Morgan fingerprint density at radius 2 is 1.87 bits per heavy atom. The fourth-order valence-electron chi connectivity index (χ4n) is 3.39. The average molecular weight is 308 g/mol. The zero-order chi connectivity index (χ0) is 15.6. The van der Waals surface area contributed by atoms with Gasteiger partial charge in [-0.2, -0.15) is 0 Å². The van der Waals surface area contributed by atoms with Crippen molar-refractivity contribution in [3.8, 4) is 0 Å². The number of hydrogen-bond donors (Lipinski definition) is 0. The zero-order valence-corrected chi connectivity index (χ0v) is 13.1. The molecule has 4 rings (SSSR count). The maximum Gasteiger partial charge on any atom is 0.257 e. The molecule has 0 N–H and O–H groups in total. The van der Waals surface area contributed by atoms with Crippen LogP contribution in [0.5, 0.6) is 0 Å². The lowest BCUT2D eigenvalue weighted by Gasteiger charge is -2.41. The summed E-state index contributed by atoms with van der Waals surface area (Å²) in [6.45, 7) is 3.52. The second-order valence-electron chi connectivity index (χ2n) is 6.26. The topological polar surface area (TPSA) is 49.3 Å². The van der Waals surface area contributed by atoms with Crippen molar-refractivity contribution in [2.45, 2.75) is 18.8 Å². The minimum absolute atomic E-state index is 0.121. The van der Waals surface area contributed by atoms with Gasteiger partial charge < -0.3 is 9.80 Å². The van der Waals surface area contributed by atoms with E-state index >= 15 is 0 Å². The van der Waals surface area contributed by atoms with E-state index in [1.807, 2.05) is 29.3 Å². The third-order valence-corrected chi connectivity index (χ3v) is 4.75. The molecule has 0 unspecified atom stereocenters. The Kier molecular flexibility index (Phi) is 3.69. The van der Waals surface area contributed by atoms with Crippen LogP contribution in [0.2, 0.25) is 0 Å². The van der Waals surface area contributed by atoms with Crippen molar-refractivity contribution in [1.29, 1.82) is 0 Å². The van der Waals surface area contributed by atoms with Crippen molar-refractivity contribution in [1.82, 2.24) is 14.9 Å². The highest BCUT2D eigenvalue weighted by Gasteiger charge is 2.32. The van der Waals surface area contributed by atoms with E-state index in [0.29, 0.717) is 5.92 Å². The number of anilines is 1. The van der Waals surface area contributed by atoms with Gasteiger partial charge in [-0.1, -0.05) is 6.07 Å². The maximum absolute atomic E-state index is 12.7. The number of aromatic nitrogens is 2. The first-order chi connectivity index (χ1) is 11.3. The van der Waals surface area contributed by atoms with E-state index in [9.17, 15) is 4.79 Å². The lowest BCUT2D eigenvalue weighted by molar-refractivity contribution is 0.0793. The summed E-state index contributed by atoms with van der Waals surface area (Å²) in [6.07, 6.45) is 7.71. The molecular weight excluding hydrogens is 288 g/mol. The van der Waals surface area contributed by atoms with Crippen LogP contribution in [0.15, 0.2) is 42.9 Å². The largest absolute Gasteiger partial charge is 0.355 e. The predicted octanol–water partition coefficient (Wildman–Crippen LogP) is 2.32. The van der Waals surface area contributed by atoms with Gasteiger partial charge in [-0.25, -0.2) is 4.98 Å². The van der Waals surface area contributed by atoms with Gasteiger partial charge >= 0.3 is 0 Å². The number of likely N-dealkylation sites (tertiary alicyclic amines) is 1. The SMILES string of the molecule is O=C(c1cccnc1N1CC(c2cccnc2)C1)N1CCCC1. The summed E-state index contributed by atoms with van der Waals surface area (Å²) in [5, 5.41) is 0. The lowest BCUT2D eigenvalue weighted by atomic mass is 9.92. The summed E-state index contributed by atoms with van der Waals surface area (Å²) < 4.78 is 0. The molecule has 2 saturated heterocycles. The molecule has 0 aliphatic carbocycles. The molecule has 0 aromatic carbocycles. The molecule has 118 valence electrons. The Morgan fingerprint density at radius 3 is 2.61 bits per heavy atom. The number of nitrogens with zero attached hydrogens (tertiary/aromatic N) is 4. The summed E-state index contributed by atoms with van der Waals surface area (Å²) in [4.78, 5) is 25.5. The third kappa shape index (κ3) is 2.67. The summed E-state index contributed by atoms with van der Waals surface area (Å²) in [5.41, 5.74) is 1.99. The molecule has 2 fully saturated rings. The number of pyridine rings is 2. The van der Waals surface area contributed by atoms with Crippen LogP contribution < -0.4 is 4.90 Å². The standard InChI is InChI=1S/C18H20N4O/c23-18(21-9-1-2-10-21)16-6-4-8-20-17(16)22-12-15(13-22)14-5-3-7-19-11-14/h3-8,11,15H,1-2,9-10,12-13H2. The van der Waals surface area contributed by atoms with Crippen LogP contribution in [-0.2, 0) is 0 Å². The molecular formula is C18H20N4O. The molecule has 2 aliphatic heterocycles. The Labute approximate surface area is 136 Å². The van der Waals surface area contributed by atoms with Crippen molar-refractivity contribution in [2.75, 3.05) is 31.1 Å². The summed E-state index contributed by atoms with van der Waals surface area (Å²) in [6, 6.07) is 7.84. The van der Waals surface area contributed by atoms with Crippen LogP contribution in [0.3, 0.4) is 0 Å². The van der Waals surface area contributed by atoms with Gasteiger partial charge in [0, 0.05) is 50.7 Å². The molecule has 0 radical (unpaired) electrons. The molecule has 4 heterocycles. The van der Waals surface area contributed by atoms with Crippen LogP contribution in [0.4, 0.5) is 5.82 Å². The fourth-order valence-corrected chi connectivity index (χ4v) is 3.39. The quantitative estimate of drug-likeness (QED) is 0.873. The van der Waals surface area contributed by atoms with Crippen LogP contribution in [0.1, 0.15) is 34.7 Å². The molecule has 2 aromatic heterocycles. The first kappa shape index (κ1) is 14.2. The van der Waals surface area contributed by atoms with Crippen molar-refractivity contribution in [3.63, 3.8) is 0 Å². The highest BCUT2D eigenvalue weighted by molar-refractivity contribution is 5.99. The smallest absolute Gasteiger partial charge is 0.257 e. The minimum Gasteiger partial charge on any atom is -0.355 e. The highest BCUT2D eigenvalue weighted by atomic mass is 16.2. The van der Waals surface area contributed by atoms with E-state index in [1.165, 1.54) is 5.56 Å². The van der Waals surface area contributed by atoms with E-state index in [1.54, 1.807) is 12.4 Å². The molecule has 5 heteroatoms. The normalized spacial score (nSPS) is 18.1. The van der Waals surface area contributed by atoms with Gasteiger partial charge in [0.15, 0.2) is 0 Å². The average Bonchev–Trinajstić information content (AvgIpc) is 3.09. The van der Waals surface area contributed by atoms with Crippen molar-refractivity contribution in [3.05, 3.63) is 54.0 Å². The Bertz CT molecular complexity index is 691. The number of rotatable bonds is 3. The first-order valence-corrected chi connectivity index (χ1v) is 8.22. The third-order valence-electron chi connectivity index (χ3n) is 4.75. The van der Waals surface area contributed by atoms with Crippen molar-refractivity contribution < 1.29 is 4.79 Å². The predicted molar refractivity (Wildman–Crippen MR) is 88.6 cm³/mol. The van der Waals surface area contributed by atoms with Crippen LogP contribution in [0, 0.1) is 0 Å². The summed E-state index contributed by atoms with van der Waals surface area (Å²) >= 11 is 0. The van der Waals surface area contributed by atoms with Gasteiger partial charge in [-0.05, 0) is 36.6 Å². The van der Waals surface area contributed by atoms with Crippen molar-refractivity contribution in [2.24, 2.45) is 0 Å². The number of amides is 1. The second kappa shape index (κ2) is 5.99. The zero-order valence-electron chi connectivity index (χ0n) is 13.1. The molecule has 0 spiro atoms. The Balaban J connectivity index is 1.51. The van der Waals surface area contributed by atoms with Gasteiger partial charge in [0.25, 0.3) is 5.91 Å². The second-order valence-corrected chi connectivity index (χ2v) is 6.26. The van der Waals surface area contributed by atoms with Gasteiger partial charge in [-0.3, -0.25) is 9.78 Å². The number of carbonyl (C=O) groups excluding carboxylic acids is 1. The molecule has 0 saturated carbocycles. The van der Waals surface area contributed by atoms with Gasteiger partial charge in [0.2, 0.25) is 0 Å². The van der Waals surface area contributed by atoms with Gasteiger partial charge in [0.1, 0.15) is 5.82 Å². The minimum atomic E-state index is 0.121. The highest BCUT2D eigenvalue weighted by Crippen LogP contribution is 2.32. The van der Waals surface area contributed by atoms with Crippen LogP contribution >= 0.6 is 0 Å². The molecule has 1 amide bonds. The van der Waals surface area contributed by atoms with E-state index < -0.39 is 0 Å². The van der Waals surface area contributed by atoms with Gasteiger partial charge in [0.05, 0.1) is 5.56 Å². The van der Waals surface area contributed by atoms with Crippen LogP contribution in [-0.4, -0.2) is 47.0 Å². The molecule has 23 heavy (non-hydrogen) atoms. The molecule has 2 aromatic rings. The van der Waals surface area contributed by atoms with E-state index in [4.69, 9.17) is 0 Å². The fraction of sp³-hybridized carbons (Fsp3) is 0.389. The Morgan fingerprint density at radius 1 is 1.09 bits per heavy atom. The maximum atomic E-state index is 12.7. The Hall–Kier alpha value is -2.43. The molecule has 5 nitrogen and oxygen atoms in total. The number of carbonyl (C=O) groups is 1. The lowest BCUT2D eigenvalue weighted by Crippen LogP contribution is -2.46. The monoisotopic (exact) mass is 308 g/mol. The summed E-state index contributed by atoms with van der Waals surface area (Å²) in [7, 11) is 0. The number of hydrogen-bond acceptors (Lipinski definition) is 4. The van der Waals surface area contributed by atoms with Crippen LogP contribution in [0.25, 0.3) is 0 Å². The molecule has 0 atom stereocenters. The molecule has 0 bridgehead atoms. The van der Waals surface area contributed by atoms with E-state index in [-0.39, 0.29) is 5.91 Å². The van der Waals surface area contributed by atoms with E-state index in [2.05, 4.69) is 20.9 Å². The first-order valence-electron chi connectivity index (χ1n) is 8.22.